The maximum atomic E-state index is 13.0. The van der Waals surface area contributed by atoms with E-state index in [2.05, 4.69) is 12.2 Å². The number of halogens is 1. The summed E-state index contributed by atoms with van der Waals surface area (Å²) >= 11 is 0. The van der Waals surface area contributed by atoms with E-state index in [-0.39, 0.29) is 11.7 Å². The van der Waals surface area contributed by atoms with Crippen LogP contribution in [0.4, 0.5) is 10.1 Å². The van der Waals surface area contributed by atoms with Crippen LogP contribution in [0.3, 0.4) is 0 Å². The van der Waals surface area contributed by atoms with Crippen molar-refractivity contribution in [2.24, 2.45) is 0 Å². The fraction of sp³-hybridized carbons (Fsp3) is 0.611. The minimum Gasteiger partial charge on any atom is -0.326 e. The number of amides is 1. The highest BCUT2D eigenvalue weighted by molar-refractivity contribution is 5.90. The molecule has 1 rings (SSSR count). The zero-order valence-electron chi connectivity index (χ0n) is 13.2. The van der Waals surface area contributed by atoms with Crippen molar-refractivity contribution in [3.63, 3.8) is 0 Å². The highest BCUT2D eigenvalue weighted by atomic mass is 19.1. The molecule has 0 atom stereocenters. The van der Waals surface area contributed by atoms with Gasteiger partial charge in [0.1, 0.15) is 5.82 Å². The van der Waals surface area contributed by atoms with Gasteiger partial charge in [-0.1, -0.05) is 64.4 Å². The molecule has 0 unspecified atom stereocenters. The van der Waals surface area contributed by atoms with Gasteiger partial charge in [-0.2, -0.15) is 0 Å². The van der Waals surface area contributed by atoms with E-state index in [1.165, 1.54) is 57.1 Å². The number of nitrogens with one attached hydrogen (secondary N) is 1. The number of carbonyl (C=O) groups is 1. The third kappa shape index (κ3) is 9.22. The molecule has 1 aromatic carbocycles. The fourth-order valence-electron chi connectivity index (χ4n) is 2.39. The van der Waals surface area contributed by atoms with E-state index < -0.39 is 0 Å². The van der Waals surface area contributed by atoms with Gasteiger partial charge >= 0.3 is 0 Å². The van der Waals surface area contributed by atoms with Crippen LogP contribution in [0.15, 0.2) is 24.3 Å². The lowest BCUT2D eigenvalue weighted by molar-refractivity contribution is -0.116. The van der Waals surface area contributed by atoms with Crippen molar-refractivity contribution in [1.29, 1.82) is 0 Å². The van der Waals surface area contributed by atoms with Crippen LogP contribution in [-0.4, -0.2) is 5.91 Å². The molecule has 1 aromatic rings. The standard InChI is InChI=1S/C18H28FNO/c1-2-3-4-5-6-7-8-9-10-14-18(21)20-17-13-11-12-16(19)15-17/h11-13,15H,2-10,14H2,1H3,(H,20,21). The van der Waals surface area contributed by atoms with E-state index in [1.807, 2.05) is 0 Å². The second-order valence-corrected chi connectivity index (χ2v) is 5.64. The minimum atomic E-state index is -0.323. The number of benzene rings is 1. The summed E-state index contributed by atoms with van der Waals surface area (Å²) in [5.74, 6) is -0.348. The lowest BCUT2D eigenvalue weighted by Crippen LogP contribution is -2.11. The van der Waals surface area contributed by atoms with Gasteiger partial charge in [-0.15, -0.1) is 0 Å². The highest BCUT2D eigenvalue weighted by Crippen LogP contribution is 2.12. The molecule has 0 aliphatic carbocycles. The van der Waals surface area contributed by atoms with Gasteiger partial charge in [0.2, 0.25) is 5.91 Å². The largest absolute Gasteiger partial charge is 0.326 e. The SMILES string of the molecule is CCCCCCCCCCCC(=O)Nc1cccc(F)c1. The van der Waals surface area contributed by atoms with Gasteiger partial charge in [0.15, 0.2) is 0 Å². The normalized spacial score (nSPS) is 10.6. The van der Waals surface area contributed by atoms with Gasteiger partial charge in [0, 0.05) is 12.1 Å². The van der Waals surface area contributed by atoms with Crippen LogP contribution in [0.1, 0.15) is 71.1 Å². The van der Waals surface area contributed by atoms with Gasteiger partial charge in [-0.3, -0.25) is 4.79 Å². The van der Waals surface area contributed by atoms with E-state index in [1.54, 1.807) is 12.1 Å². The van der Waals surface area contributed by atoms with Crippen LogP contribution in [0.2, 0.25) is 0 Å². The number of rotatable bonds is 11. The molecule has 3 heteroatoms. The molecule has 0 aromatic heterocycles. The minimum absolute atomic E-state index is 0.0245. The van der Waals surface area contributed by atoms with Gasteiger partial charge in [0.25, 0.3) is 0 Å². The predicted octanol–water partition coefficient (Wildman–Crippen LogP) is 5.69. The van der Waals surface area contributed by atoms with Crippen molar-refractivity contribution in [3.8, 4) is 0 Å². The van der Waals surface area contributed by atoms with Crippen LogP contribution in [-0.2, 0) is 4.79 Å². The number of anilines is 1. The quantitative estimate of drug-likeness (QED) is 0.522. The van der Waals surface area contributed by atoms with Crippen LogP contribution in [0.5, 0.6) is 0 Å². The Morgan fingerprint density at radius 3 is 2.24 bits per heavy atom. The number of carbonyl (C=O) groups excluding carboxylic acids is 1. The Hall–Kier alpha value is -1.38. The predicted molar refractivity (Wildman–Crippen MR) is 86.9 cm³/mol. The molecule has 1 amide bonds. The molecule has 0 fully saturated rings. The van der Waals surface area contributed by atoms with Crippen molar-refractivity contribution >= 4 is 11.6 Å². The van der Waals surface area contributed by atoms with Crippen molar-refractivity contribution in [1.82, 2.24) is 0 Å². The van der Waals surface area contributed by atoms with Crippen molar-refractivity contribution in [2.45, 2.75) is 71.1 Å². The van der Waals surface area contributed by atoms with Crippen LogP contribution < -0.4 is 5.32 Å². The lowest BCUT2D eigenvalue weighted by Gasteiger charge is -2.05. The zero-order valence-corrected chi connectivity index (χ0v) is 13.2. The molecule has 0 heterocycles. The first kappa shape index (κ1) is 17.7. The molecule has 21 heavy (non-hydrogen) atoms. The first-order valence-electron chi connectivity index (χ1n) is 8.28. The van der Waals surface area contributed by atoms with Crippen molar-refractivity contribution in [2.75, 3.05) is 5.32 Å². The third-order valence-electron chi connectivity index (χ3n) is 3.62. The molecule has 118 valence electrons. The maximum Gasteiger partial charge on any atom is 0.224 e. The molecule has 1 N–H and O–H groups in total. The van der Waals surface area contributed by atoms with E-state index in [0.29, 0.717) is 12.1 Å². The average molecular weight is 293 g/mol. The molecule has 0 saturated heterocycles. The Morgan fingerprint density at radius 1 is 1.00 bits per heavy atom. The van der Waals surface area contributed by atoms with E-state index in [9.17, 15) is 9.18 Å². The van der Waals surface area contributed by atoms with E-state index in [4.69, 9.17) is 0 Å². The van der Waals surface area contributed by atoms with E-state index in [0.717, 1.165) is 12.8 Å². The summed E-state index contributed by atoms with van der Waals surface area (Å²) < 4.78 is 13.0. The van der Waals surface area contributed by atoms with Gasteiger partial charge in [-0.25, -0.2) is 4.39 Å². The molecular weight excluding hydrogens is 265 g/mol. The second-order valence-electron chi connectivity index (χ2n) is 5.64. The first-order chi connectivity index (χ1) is 10.2. The van der Waals surface area contributed by atoms with Crippen LogP contribution >= 0.6 is 0 Å². The number of unbranched alkanes of at least 4 members (excludes halogenated alkanes) is 8. The first-order valence-corrected chi connectivity index (χ1v) is 8.28. The Bertz CT molecular complexity index is 406. The summed E-state index contributed by atoms with van der Waals surface area (Å²) in [5.41, 5.74) is 0.538. The van der Waals surface area contributed by atoms with Crippen molar-refractivity contribution in [3.05, 3.63) is 30.1 Å². The summed E-state index contributed by atoms with van der Waals surface area (Å²) in [6.45, 7) is 2.23. The van der Waals surface area contributed by atoms with Crippen molar-refractivity contribution < 1.29 is 9.18 Å². The number of hydrogen-bond donors (Lipinski definition) is 1. The molecule has 0 radical (unpaired) electrons. The molecule has 0 aliphatic rings. The van der Waals surface area contributed by atoms with Crippen LogP contribution in [0.25, 0.3) is 0 Å². The summed E-state index contributed by atoms with van der Waals surface area (Å²) in [5, 5.41) is 2.73. The Balaban J connectivity index is 1.99. The van der Waals surface area contributed by atoms with Crippen LogP contribution in [0, 0.1) is 5.82 Å². The second kappa shape index (κ2) is 11.3. The van der Waals surface area contributed by atoms with E-state index >= 15 is 0 Å². The average Bonchev–Trinajstić information content (AvgIpc) is 2.45. The summed E-state index contributed by atoms with van der Waals surface area (Å²) in [6, 6.07) is 6.02. The zero-order chi connectivity index (χ0) is 15.3. The number of hydrogen-bond acceptors (Lipinski definition) is 1. The van der Waals surface area contributed by atoms with Gasteiger partial charge < -0.3 is 5.32 Å². The molecule has 0 saturated carbocycles. The highest BCUT2D eigenvalue weighted by Gasteiger charge is 2.02. The molecule has 0 aliphatic heterocycles. The molecule has 0 spiro atoms. The lowest BCUT2D eigenvalue weighted by atomic mass is 10.1. The summed E-state index contributed by atoms with van der Waals surface area (Å²) in [4.78, 5) is 11.7. The molecule has 2 nitrogen and oxygen atoms in total. The van der Waals surface area contributed by atoms with Gasteiger partial charge in [-0.05, 0) is 24.6 Å². The maximum absolute atomic E-state index is 13.0. The molecule has 0 bridgehead atoms. The Labute approximate surface area is 128 Å². The Morgan fingerprint density at radius 2 is 1.62 bits per heavy atom. The summed E-state index contributed by atoms with van der Waals surface area (Å²) in [6.07, 6.45) is 11.7. The smallest absolute Gasteiger partial charge is 0.224 e. The fourth-order valence-corrected chi connectivity index (χ4v) is 2.39. The Kier molecular flexibility index (Phi) is 9.51. The monoisotopic (exact) mass is 293 g/mol. The topological polar surface area (TPSA) is 29.1 Å². The van der Waals surface area contributed by atoms with Gasteiger partial charge in [0.05, 0.1) is 0 Å². The molecular formula is C18H28FNO. The summed E-state index contributed by atoms with van der Waals surface area (Å²) in [7, 11) is 0. The third-order valence-corrected chi connectivity index (χ3v) is 3.62.